The highest BCUT2D eigenvalue weighted by Gasteiger charge is 2.24. The van der Waals surface area contributed by atoms with Crippen molar-refractivity contribution < 1.29 is 0 Å². The molecule has 1 aromatic rings. The van der Waals surface area contributed by atoms with Crippen molar-refractivity contribution in [3.63, 3.8) is 0 Å². The number of rotatable bonds is 4. The van der Waals surface area contributed by atoms with Crippen LogP contribution in [0.2, 0.25) is 0 Å². The van der Waals surface area contributed by atoms with E-state index in [-0.39, 0.29) is 12.4 Å². The number of hydrogen-bond donors (Lipinski definition) is 1. The highest BCUT2D eigenvalue weighted by atomic mass is 35.5. The van der Waals surface area contributed by atoms with E-state index in [0.717, 1.165) is 18.4 Å². The average molecular weight is 345 g/mol. The zero-order chi connectivity index (χ0) is 14.7. The van der Waals surface area contributed by atoms with E-state index >= 15 is 0 Å². The van der Waals surface area contributed by atoms with Crippen LogP contribution in [0.4, 0.5) is 5.13 Å². The van der Waals surface area contributed by atoms with Crippen molar-refractivity contribution >= 4 is 28.9 Å². The Kier molecular flexibility index (Phi) is 6.93. The predicted molar refractivity (Wildman–Crippen MR) is 96.6 cm³/mol. The van der Waals surface area contributed by atoms with Gasteiger partial charge in [0, 0.05) is 30.7 Å². The van der Waals surface area contributed by atoms with Crippen LogP contribution in [-0.2, 0) is 6.54 Å². The molecule has 0 amide bonds. The molecule has 1 unspecified atom stereocenters. The number of nitrogens with two attached hydrogens (primary N) is 1. The first-order chi connectivity index (χ1) is 10.2. The normalized spacial score (nSPS) is 25.0. The summed E-state index contributed by atoms with van der Waals surface area (Å²) in [6, 6.07) is 0. The van der Waals surface area contributed by atoms with Gasteiger partial charge in [-0.3, -0.25) is 4.90 Å². The topological polar surface area (TPSA) is 45.4 Å². The number of nitrogens with zero attached hydrogens (tertiary/aromatic N) is 3. The standard InChI is InChI=1S/C16H28N4S.ClH/c1-13-4-7-19(8-5-13)10-14-3-2-6-20(11-14)12-15-9-18-16(17)21-15;/h9,13-14H,2-8,10-12H2,1H3,(H2,17,18);1H. The van der Waals surface area contributed by atoms with Gasteiger partial charge in [0.1, 0.15) is 0 Å². The molecule has 1 aromatic heterocycles. The van der Waals surface area contributed by atoms with E-state index in [0.29, 0.717) is 5.13 Å². The van der Waals surface area contributed by atoms with Crippen molar-refractivity contribution in [3.05, 3.63) is 11.1 Å². The molecule has 22 heavy (non-hydrogen) atoms. The molecule has 0 aromatic carbocycles. The van der Waals surface area contributed by atoms with Gasteiger partial charge in [0.15, 0.2) is 5.13 Å². The molecule has 2 fully saturated rings. The van der Waals surface area contributed by atoms with E-state index in [1.54, 1.807) is 11.3 Å². The van der Waals surface area contributed by atoms with Crippen LogP contribution in [0.3, 0.4) is 0 Å². The third-order valence-electron chi connectivity index (χ3n) is 4.95. The van der Waals surface area contributed by atoms with Gasteiger partial charge >= 0.3 is 0 Å². The summed E-state index contributed by atoms with van der Waals surface area (Å²) in [6.07, 6.45) is 7.44. The third kappa shape index (κ3) is 5.08. The SMILES string of the molecule is CC1CCN(CC2CCCN(Cc3cnc(N)s3)C2)CC1.Cl. The van der Waals surface area contributed by atoms with Gasteiger partial charge in [0.25, 0.3) is 0 Å². The Morgan fingerprint density at radius 1 is 1.23 bits per heavy atom. The van der Waals surface area contributed by atoms with Crippen LogP contribution in [-0.4, -0.2) is 47.5 Å². The highest BCUT2D eigenvalue weighted by molar-refractivity contribution is 7.15. The monoisotopic (exact) mass is 344 g/mol. The summed E-state index contributed by atoms with van der Waals surface area (Å²) in [5.41, 5.74) is 5.73. The minimum atomic E-state index is 0. The van der Waals surface area contributed by atoms with Crippen molar-refractivity contribution in [1.82, 2.24) is 14.8 Å². The minimum absolute atomic E-state index is 0. The number of halogens is 1. The molecule has 126 valence electrons. The fraction of sp³-hybridized carbons (Fsp3) is 0.812. The van der Waals surface area contributed by atoms with Gasteiger partial charge in [-0.1, -0.05) is 6.92 Å². The summed E-state index contributed by atoms with van der Waals surface area (Å²) in [6.45, 7) is 9.80. The lowest BCUT2D eigenvalue weighted by Crippen LogP contribution is -2.42. The molecule has 0 aliphatic carbocycles. The van der Waals surface area contributed by atoms with E-state index < -0.39 is 0 Å². The second-order valence-electron chi connectivity index (χ2n) is 6.89. The van der Waals surface area contributed by atoms with Crippen LogP contribution < -0.4 is 5.73 Å². The maximum atomic E-state index is 5.73. The zero-order valence-electron chi connectivity index (χ0n) is 13.5. The molecule has 3 rings (SSSR count). The van der Waals surface area contributed by atoms with Gasteiger partial charge in [-0.15, -0.1) is 23.7 Å². The molecule has 6 heteroatoms. The number of thiazole rings is 1. The number of hydrogen-bond acceptors (Lipinski definition) is 5. The van der Waals surface area contributed by atoms with Gasteiger partial charge in [0.05, 0.1) is 0 Å². The first-order valence-corrected chi connectivity index (χ1v) is 9.15. The van der Waals surface area contributed by atoms with Crippen molar-refractivity contribution in [2.75, 3.05) is 38.5 Å². The van der Waals surface area contributed by atoms with Crippen LogP contribution >= 0.6 is 23.7 Å². The molecular weight excluding hydrogens is 316 g/mol. The van der Waals surface area contributed by atoms with Gasteiger partial charge in [-0.25, -0.2) is 4.98 Å². The summed E-state index contributed by atoms with van der Waals surface area (Å²) in [5.74, 6) is 1.78. The summed E-state index contributed by atoms with van der Waals surface area (Å²) < 4.78 is 0. The average Bonchev–Trinajstić information content (AvgIpc) is 2.87. The fourth-order valence-electron chi connectivity index (χ4n) is 3.67. The predicted octanol–water partition coefficient (Wildman–Crippen LogP) is 3.09. The highest BCUT2D eigenvalue weighted by Crippen LogP contribution is 2.24. The smallest absolute Gasteiger partial charge is 0.180 e. The summed E-state index contributed by atoms with van der Waals surface area (Å²) in [4.78, 5) is 10.8. The zero-order valence-corrected chi connectivity index (χ0v) is 15.2. The number of aromatic nitrogens is 1. The molecule has 2 N–H and O–H groups in total. The van der Waals surface area contributed by atoms with Gasteiger partial charge in [-0.2, -0.15) is 0 Å². The third-order valence-corrected chi connectivity index (χ3v) is 5.76. The quantitative estimate of drug-likeness (QED) is 0.911. The summed E-state index contributed by atoms with van der Waals surface area (Å²) >= 11 is 1.63. The molecule has 2 aliphatic rings. The van der Waals surface area contributed by atoms with Crippen LogP contribution in [0.5, 0.6) is 0 Å². The number of anilines is 1. The lowest BCUT2D eigenvalue weighted by molar-refractivity contribution is 0.109. The van der Waals surface area contributed by atoms with E-state index in [4.69, 9.17) is 5.73 Å². The Morgan fingerprint density at radius 3 is 2.68 bits per heavy atom. The van der Waals surface area contributed by atoms with Crippen LogP contribution in [0, 0.1) is 11.8 Å². The van der Waals surface area contributed by atoms with Crippen molar-refractivity contribution in [1.29, 1.82) is 0 Å². The molecule has 0 saturated carbocycles. The number of likely N-dealkylation sites (tertiary alicyclic amines) is 2. The van der Waals surface area contributed by atoms with Gasteiger partial charge < -0.3 is 10.6 Å². The summed E-state index contributed by atoms with van der Waals surface area (Å²) in [5, 5.41) is 0.695. The molecule has 0 spiro atoms. The number of piperidine rings is 2. The Balaban J connectivity index is 0.00000176. The van der Waals surface area contributed by atoms with Crippen LogP contribution in [0.25, 0.3) is 0 Å². The molecule has 2 saturated heterocycles. The largest absolute Gasteiger partial charge is 0.375 e. The van der Waals surface area contributed by atoms with Crippen molar-refractivity contribution in [2.45, 2.75) is 39.2 Å². The molecule has 0 bridgehead atoms. The van der Waals surface area contributed by atoms with Crippen LogP contribution in [0.15, 0.2) is 6.20 Å². The minimum Gasteiger partial charge on any atom is -0.375 e. The Labute approximate surface area is 144 Å². The lowest BCUT2D eigenvalue weighted by Gasteiger charge is -2.37. The first kappa shape index (κ1) is 18.0. The maximum Gasteiger partial charge on any atom is 0.180 e. The second-order valence-corrected chi connectivity index (χ2v) is 8.04. The summed E-state index contributed by atoms with van der Waals surface area (Å²) in [7, 11) is 0. The molecule has 4 nitrogen and oxygen atoms in total. The second kappa shape index (κ2) is 8.48. The molecule has 2 aliphatic heterocycles. The van der Waals surface area contributed by atoms with E-state index in [1.807, 2.05) is 6.20 Å². The molecular formula is C16H29ClN4S. The Bertz CT molecular complexity index is 445. The fourth-order valence-corrected chi connectivity index (χ4v) is 4.40. The Morgan fingerprint density at radius 2 is 2.00 bits per heavy atom. The van der Waals surface area contributed by atoms with E-state index in [9.17, 15) is 0 Å². The maximum absolute atomic E-state index is 5.73. The van der Waals surface area contributed by atoms with Crippen molar-refractivity contribution in [2.24, 2.45) is 11.8 Å². The number of nitrogen functional groups attached to an aromatic ring is 1. The van der Waals surface area contributed by atoms with Gasteiger partial charge in [-0.05, 0) is 57.2 Å². The van der Waals surface area contributed by atoms with E-state index in [1.165, 1.54) is 63.3 Å². The molecule has 0 radical (unpaired) electrons. The lowest BCUT2D eigenvalue weighted by atomic mass is 9.94. The molecule has 3 heterocycles. The first-order valence-electron chi connectivity index (χ1n) is 8.34. The Hall–Kier alpha value is -0.360. The van der Waals surface area contributed by atoms with Crippen molar-refractivity contribution in [3.8, 4) is 0 Å². The van der Waals surface area contributed by atoms with Gasteiger partial charge in [0.2, 0.25) is 0 Å². The van der Waals surface area contributed by atoms with Crippen LogP contribution in [0.1, 0.15) is 37.5 Å². The van der Waals surface area contributed by atoms with E-state index in [2.05, 4.69) is 21.7 Å². The molecule has 1 atom stereocenters.